The number of amides is 2. The summed E-state index contributed by atoms with van der Waals surface area (Å²) in [6.45, 7) is 7.00. The topological polar surface area (TPSA) is 120 Å². The number of benzene rings is 2. The van der Waals surface area contributed by atoms with E-state index in [1.807, 2.05) is 20.8 Å². The Morgan fingerprint density at radius 1 is 1.15 bits per heavy atom. The van der Waals surface area contributed by atoms with Crippen molar-refractivity contribution in [2.75, 3.05) is 6.54 Å². The Morgan fingerprint density at radius 3 is 2.39 bits per heavy atom. The van der Waals surface area contributed by atoms with Crippen molar-refractivity contribution >= 4 is 23.2 Å². The Labute approximate surface area is 194 Å². The molecule has 0 spiro atoms. The number of carbonyl (C=O) groups is 2. The lowest BCUT2D eigenvalue weighted by Gasteiger charge is -2.19. The van der Waals surface area contributed by atoms with Crippen molar-refractivity contribution in [2.24, 2.45) is 17.6 Å². The second-order valence-electron chi connectivity index (χ2n) is 8.75. The van der Waals surface area contributed by atoms with E-state index in [9.17, 15) is 9.59 Å². The predicted octanol–water partition coefficient (Wildman–Crippen LogP) is 4.55. The van der Waals surface area contributed by atoms with Gasteiger partial charge in [0.05, 0.1) is 5.71 Å². The standard InChI is InChI=1S/C26H30N4O3/c1-16(2)22(27)10-11-23(28)18-6-8-21(9-7-18)33-24-13-19(26(29)32)4-5-20(24)15-30-14-17(3)12-25(30)31/h4-11,13,16-17,27-28H,12,14-15H2,1-3H3,(H2,29,32)/b11-10-,27-22?,28-23?/t17-/m0/s1. The average molecular weight is 447 g/mol. The molecule has 2 amide bonds. The minimum absolute atomic E-state index is 0.105. The van der Waals surface area contributed by atoms with Crippen LogP contribution in [0.25, 0.3) is 0 Å². The summed E-state index contributed by atoms with van der Waals surface area (Å²) in [5.41, 5.74) is 8.01. The summed E-state index contributed by atoms with van der Waals surface area (Å²) in [5.74, 6) is 0.970. The van der Waals surface area contributed by atoms with Crippen LogP contribution in [0.15, 0.2) is 54.6 Å². The molecule has 1 saturated heterocycles. The van der Waals surface area contributed by atoms with E-state index in [4.69, 9.17) is 21.3 Å². The molecule has 7 nitrogen and oxygen atoms in total. The molecule has 4 N–H and O–H groups in total. The second-order valence-corrected chi connectivity index (χ2v) is 8.75. The highest BCUT2D eigenvalue weighted by Crippen LogP contribution is 2.30. The molecule has 0 aromatic heterocycles. The van der Waals surface area contributed by atoms with E-state index in [0.29, 0.717) is 59.5 Å². The molecule has 1 heterocycles. The van der Waals surface area contributed by atoms with Crippen LogP contribution in [0.3, 0.4) is 0 Å². The van der Waals surface area contributed by atoms with Gasteiger partial charge in [0.2, 0.25) is 11.8 Å². The number of allylic oxidation sites excluding steroid dienone is 2. The Hall–Kier alpha value is -3.74. The number of carbonyl (C=O) groups excluding carboxylic acids is 2. The van der Waals surface area contributed by atoms with Gasteiger partial charge in [0.25, 0.3) is 0 Å². The molecule has 33 heavy (non-hydrogen) atoms. The first-order valence-electron chi connectivity index (χ1n) is 11.0. The summed E-state index contributed by atoms with van der Waals surface area (Å²) >= 11 is 0. The Morgan fingerprint density at radius 2 is 1.82 bits per heavy atom. The van der Waals surface area contributed by atoms with Crippen LogP contribution in [0, 0.1) is 22.7 Å². The SMILES string of the molecule is CC(C)C(=N)/C=C\C(=N)c1ccc(Oc2cc(C(N)=O)ccc2CN2C[C@@H](C)CC2=O)cc1. The van der Waals surface area contributed by atoms with E-state index < -0.39 is 5.91 Å². The molecule has 0 unspecified atom stereocenters. The summed E-state index contributed by atoms with van der Waals surface area (Å²) < 4.78 is 6.07. The first-order valence-corrected chi connectivity index (χ1v) is 11.0. The minimum atomic E-state index is -0.556. The van der Waals surface area contributed by atoms with Gasteiger partial charge in [-0.3, -0.25) is 9.59 Å². The number of nitrogens with zero attached hydrogens (tertiary/aromatic N) is 1. The predicted molar refractivity (Wildman–Crippen MR) is 129 cm³/mol. The first kappa shape index (κ1) is 23.9. The largest absolute Gasteiger partial charge is 0.457 e. The van der Waals surface area contributed by atoms with Crippen LogP contribution in [-0.4, -0.2) is 34.7 Å². The molecule has 0 radical (unpaired) electrons. The smallest absolute Gasteiger partial charge is 0.248 e. The van der Waals surface area contributed by atoms with Gasteiger partial charge in [0.1, 0.15) is 11.5 Å². The summed E-state index contributed by atoms with van der Waals surface area (Å²) in [6, 6.07) is 12.0. The van der Waals surface area contributed by atoms with Crippen molar-refractivity contribution in [2.45, 2.75) is 33.7 Å². The van der Waals surface area contributed by atoms with Crippen molar-refractivity contribution in [3.63, 3.8) is 0 Å². The number of rotatable bonds is 9. The maximum atomic E-state index is 12.2. The maximum absolute atomic E-state index is 12.2. The lowest BCUT2D eigenvalue weighted by molar-refractivity contribution is -0.128. The summed E-state index contributed by atoms with van der Waals surface area (Å²) in [7, 11) is 0. The van der Waals surface area contributed by atoms with Crippen molar-refractivity contribution in [1.82, 2.24) is 4.90 Å². The van der Waals surface area contributed by atoms with Crippen LogP contribution in [0.5, 0.6) is 11.5 Å². The molecule has 7 heteroatoms. The summed E-state index contributed by atoms with van der Waals surface area (Å²) in [4.78, 5) is 25.7. The number of hydrogen-bond donors (Lipinski definition) is 3. The molecule has 0 aliphatic carbocycles. The zero-order valence-corrected chi connectivity index (χ0v) is 19.2. The van der Waals surface area contributed by atoms with Gasteiger partial charge in [-0.15, -0.1) is 0 Å². The van der Waals surface area contributed by atoms with Gasteiger partial charge in [-0.05, 0) is 65.9 Å². The molecule has 1 aliphatic rings. The van der Waals surface area contributed by atoms with Gasteiger partial charge in [-0.2, -0.15) is 0 Å². The number of nitrogens with one attached hydrogen (secondary N) is 2. The fourth-order valence-electron chi connectivity index (χ4n) is 3.55. The molecular formula is C26H30N4O3. The van der Waals surface area contributed by atoms with Gasteiger partial charge >= 0.3 is 0 Å². The van der Waals surface area contributed by atoms with Crippen LogP contribution in [-0.2, 0) is 11.3 Å². The van der Waals surface area contributed by atoms with E-state index in [1.54, 1.807) is 59.5 Å². The molecule has 1 fully saturated rings. The average Bonchev–Trinajstić information content (AvgIpc) is 3.09. The van der Waals surface area contributed by atoms with Crippen LogP contribution < -0.4 is 10.5 Å². The molecule has 1 aliphatic heterocycles. The summed E-state index contributed by atoms with van der Waals surface area (Å²) in [6.07, 6.45) is 3.79. The molecule has 2 aromatic carbocycles. The Bertz CT molecular complexity index is 1100. The third kappa shape index (κ3) is 6.16. The highest BCUT2D eigenvalue weighted by molar-refractivity contribution is 6.10. The molecular weight excluding hydrogens is 416 g/mol. The zero-order valence-electron chi connectivity index (χ0n) is 19.2. The minimum Gasteiger partial charge on any atom is -0.457 e. The molecule has 1 atom stereocenters. The lowest BCUT2D eigenvalue weighted by Crippen LogP contribution is -2.24. The van der Waals surface area contributed by atoms with E-state index in [-0.39, 0.29) is 11.8 Å². The van der Waals surface area contributed by atoms with Gasteiger partial charge in [0, 0.05) is 36.3 Å². The number of nitrogens with two attached hydrogens (primary N) is 1. The highest BCUT2D eigenvalue weighted by Gasteiger charge is 2.27. The van der Waals surface area contributed by atoms with Crippen molar-refractivity contribution in [3.05, 3.63) is 71.3 Å². The molecule has 172 valence electrons. The molecule has 3 rings (SSSR count). The maximum Gasteiger partial charge on any atom is 0.248 e. The first-order chi connectivity index (χ1) is 15.6. The van der Waals surface area contributed by atoms with Gasteiger partial charge in [0.15, 0.2) is 0 Å². The summed E-state index contributed by atoms with van der Waals surface area (Å²) in [5, 5.41) is 16.1. The Balaban J connectivity index is 1.79. The van der Waals surface area contributed by atoms with E-state index in [0.717, 1.165) is 5.56 Å². The third-order valence-electron chi connectivity index (χ3n) is 5.57. The fraction of sp³-hybridized carbons (Fsp3) is 0.308. The lowest BCUT2D eigenvalue weighted by atomic mass is 10.1. The zero-order chi connectivity index (χ0) is 24.1. The van der Waals surface area contributed by atoms with E-state index in [1.165, 1.54) is 0 Å². The number of hydrogen-bond acceptors (Lipinski definition) is 5. The van der Waals surface area contributed by atoms with Gasteiger partial charge in [-0.1, -0.05) is 26.8 Å². The van der Waals surface area contributed by atoms with Crippen LogP contribution in [0.4, 0.5) is 0 Å². The normalized spacial score (nSPS) is 15.9. The highest BCUT2D eigenvalue weighted by atomic mass is 16.5. The van der Waals surface area contributed by atoms with Crippen LogP contribution in [0.1, 0.15) is 48.7 Å². The number of likely N-dealkylation sites (tertiary alicyclic amines) is 1. The second kappa shape index (κ2) is 10.3. The number of primary amides is 1. The quantitative estimate of drug-likeness (QED) is 0.490. The molecule has 0 bridgehead atoms. The van der Waals surface area contributed by atoms with Gasteiger partial charge in [-0.25, -0.2) is 0 Å². The molecule has 0 saturated carbocycles. The van der Waals surface area contributed by atoms with Crippen molar-refractivity contribution in [1.29, 1.82) is 10.8 Å². The number of ether oxygens (including phenoxy) is 1. The van der Waals surface area contributed by atoms with Crippen LogP contribution >= 0.6 is 0 Å². The van der Waals surface area contributed by atoms with Crippen molar-refractivity contribution in [3.8, 4) is 11.5 Å². The van der Waals surface area contributed by atoms with Crippen molar-refractivity contribution < 1.29 is 14.3 Å². The molecule has 2 aromatic rings. The van der Waals surface area contributed by atoms with Crippen LogP contribution in [0.2, 0.25) is 0 Å². The van der Waals surface area contributed by atoms with Gasteiger partial charge < -0.3 is 26.2 Å². The van der Waals surface area contributed by atoms with E-state index >= 15 is 0 Å². The van der Waals surface area contributed by atoms with E-state index in [2.05, 4.69) is 0 Å². The third-order valence-corrected chi connectivity index (χ3v) is 5.57. The monoisotopic (exact) mass is 446 g/mol. The Kier molecular flexibility index (Phi) is 7.43. The fourth-order valence-corrected chi connectivity index (χ4v) is 3.55.